The summed E-state index contributed by atoms with van der Waals surface area (Å²) in [5.41, 5.74) is 7.40. The maximum atomic E-state index is 5.71. The minimum atomic E-state index is 0.695. The summed E-state index contributed by atoms with van der Waals surface area (Å²) in [6.45, 7) is 3.17. The number of benzene rings is 1. The molecule has 0 unspecified atom stereocenters. The van der Waals surface area contributed by atoms with Gasteiger partial charge < -0.3 is 15.4 Å². The number of nitrogens with two attached hydrogens (primary N) is 1. The lowest BCUT2D eigenvalue weighted by Crippen LogP contribution is -2.36. The van der Waals surface area contributed by atoms with Crippen LogP contribution in [0.1, 0.15) is 0 Å². The second-order valence-corrected chi connectivity index (χ2v) is 5.41. The van der Waals surface area contributed by atoms with Crippen LogP contribution in [0.5, 0.6) is 0 Å². The van der Waals surface area contributed by atoms with Crippen molar-refractivity contribution in [2.24, 2.45) is 0 Å². The lowest BCUT2D eigenvalue weighted by atomic mass is 10.2. The van der Waals surface area contributed by atoms with E-state index in [1.807, 2.05) is 30.3 Å². The number of morpholine rings is 1. The minimum absolute atomic E-state index is 0.695. The number of nitrogen functional groups attached to an aromatic ring is 1. The third-order valence-electron chi connectivity index (χ3n) is 3.19. The van der Waals surface area contributed by atoms with E-state index in [1.165, 1.54) is 0 Å². The van der Waals surface area contributed by atoms with Crippen LogP contribution in [-0.4, -0.2) is 36.3 Å². The van der Waals surface area contributed by atoms with Crippen molar-refractivity contribution >= 4 is 27.4 Å². The Morgan fingerprint density at radius 2 is 1.80 bits per heavy atom. The smallest absolute Gasteiger partial charge is 0.162 e. The summed E-state index contributed by atoms with van der Waals surface area (Å²) in [5.74, 6) is 1.61. The Morgan fingerprint density at radius 3 is 2.50 bits per heavy atom. The average molecular weight is 335 g/mol. The molecule has 0 radical (unpaired) electrons. The summed E-state index contributed by atoms with van der Waals surface area (Å²) in [5, 5.41) is 0. The molecule has 1 aromatic heterocycles. The van der Waals surface area contributed by atoms with Gasteiger partial charge in [0.15, 0.2) is 5.82 Å². The van der Waals surface area contributed by atoms with E-state index < -0.39 is 0 Å². The van der Waals surface area contributed by atoms with Gasteiger partial charge in [-0.05, 0) is 40.2 Å². The van der Waals surface area contributed by atoms with Crippen molar-refractivity contribution in [3.05, 3.63) is 34.9 Å². The predicted octanol–water partition coefficient (Wildman–Crippen LogP) is 2.32. The van der Waals surface area contributed by atoms with Crippen molar-refractivity contribution in [1.29, 1.82) is 0 Å². The molecule has 1 fully saturated rings. The lowest BCUT2D eigenvalue weighted by molar-refractivity contribution is 0.122. The van der Waals surface area contributed by atoms with Gasteiger partial charge in [0, 0.05) is 30.4 Å². The third-order valence-corrected chi connectivity index (χ3v) is 3.59. The Balaban J connectivity index is 1.95. The maximum absolute atomic E-state index is 5.71. The molecule has 1 aromatic carbocycles. The van der Waals surface area contributed by atoms with Gasteiger partial charge in [-0.2, -0.15) is 0 Å². The molecule has 2 N–H and O–H groups in total. The first-order chi connectivity index (χ1) is 9.72. The highest BCUT2D eigenvalue weighted by Crippen LogP contribution is 2.24. The van der Waals surface area contributed by atoms with Crippen LogP contribution in [0.15, 0.2) is 34.9 Å². The van der Waals surface area contributed by atoms with Crippen molar-refractivity contribution in [2.45, 2.75) is 0 Å². The molecular weight excluding hydrogens is 320 g/mol. The van der Waals surface area contributed by atoms with Crippen LogP contribution in [0.2, 0.25) is 0 Å². The molecule has 0 amide bonds. The molecule has 2 aromatic rings. The number of hydrogen-bond donors (Lipinski definition) is 1. The molecule has 104 valence electrons. The van der Waals surface area contributed by atoms with Crippen molar-refractivity contribution < 1.29 is 4.74 Å². The van der Waals surface area contributed by atoms with Gasteiger partial charge in [-0.3, -0.25) is 0 Å². The van der Waals surface area contributed by atoms with Crippen molar-refractivity contribution in [2.75, 3.05) is 36.9 Å². The van der Waals surface area contributed by atoms with E-state index in [0.717, 1.165) is 48.0 Å². The Kier molecular flexibility index (Phi) is 3.84. The fourth-order valence-corrected chi connectivity index (χ4v) is 2.49. The molecule has 0 bridgehead atoms. The topological polar surface area (TPSA) is 64.3 Å². The number of hydrogen-bond acceptors (Lipinski definition) is 5. The molecule has 5 nitrogen and oxygen atoms in total. The van der Waals surface area contributed by atoms with Crippen LogP contribution in [-0.2, 0) is 4.74 Å². The number of nitrogens with zero attached hydrogens (tertiary/aromatic N) is 3. The molecule has 0 saturated carbocycles. The Hall–Kier alpha value is -1.66. The summed E-state index contributed by atoms with van der Waals surface area (Å²) < 4.78 is 6.15. The van der Waals surface area contributed by atoms with E-state index in [2.05, 4.69) is 30.8 Å². The molecule has 1 saturated heterocycles. The molecule has 3 rings (SSSR count). The van der Waals surface area contributed by atoms with Crippen molar-refractivity contribution in [3.63, 3.8) is 0 Å². The summed E-state index contributed by atoms with van der Waals surface area (Å²) in [7, 11) is 0. The molecule has 0 spiro atoms. The van der Waals surface area contributed by atoms with Gasteiger partial charge in [-0.25, -0.2) is 9.97 Å². The minimum Gasteiger partial charge on any atom is -0.399 e. The zero-order valence-corrected chi connectivity index (χ0v) is 12.5. The summed E-state index contributed by atoms with van der Waals surface area (Å²) in [6, 6.07) is 9.51. The number of halogens is 1. The van der Waals surface area contributed by atoms with E-state index in [0.29, 0.717) is 5.82 Å². The predicted molar refractivity (Wildman–Crippen MR) is 82.6 cm³/mol. The number of rotatable bonds is 2. The van der Waals surface area contributed by atoms with E-state index in [1.54, 1.807) is 0 Å². The SMILES string of the molecule is Nc1ccc(-c2nc(Br)cc(N3CCOCC3)n2)cc1. The monoisotopic (exact) mass is 334 g/mol. The second kappa shape index (κ2) is 5.76. The standard InChI is InChI=1S/C14H15BrN4O/c15-12-9-13(19-5-7-20-8-6-19)18-14(17-12)10-1-3-11(16)4-2-10/h1-4,9H,5-8,16H2. The van der Waals surface area contributed by atoms with Crippen molar-refractivity contribution in [1.82, 2.24) is 9.97 Å². The highest BCUT2D eigenvalue weighted by atomic mass is 79.9. The molecule has 1 aliphatic rings. The van der Waals surface area contributed by atoms with Crippen LogP contribution in [0.25, 0.3) is 11.4 Å². The number of aromatic nitrogens is 2. The van der Waals surface area contributed by atoms with E-state index in [9.17, 15) is 0 Å². The number of anilines is 2. The highest BCUT2D eigenvalue weighted by molar-refractivity contribution is 9.10. The summed E-state index contributed by atoms with van der Waals surface area (Å²) in [4.78, 5) is 11.3. The molecule has 1 aliphatic heterocycles. The number of ether oxygens (including phenoxy) is 1. The zero-order chi connectivity index (χ0) is 13.9. The molecule has 6 heteroatoms. The first-order valence-corrected chi connectivity index (χ1v) is 7.25. The fraction of sp³-hybridized carbons (Fsp3) is 0.286. The lowest BCUT2D eigenvalue weighted by Gasteiger charge is -2.28. The van der Waals surface area contributed by atoms with Crippen LogP contribution in [0.3, 0.4) is 0 Å². The Labute approximate surface area is 125 Å². The molecule has 0 aliphatic carbocycles. The van der Waals surface area contributed by atoms with Gasteiger partial charge in [-0.1, -0.05) is 0 Å². The highest BCUT2D eigenvalue weighted by Gasteiger charge is 2.15. The van der Waals surface area contributed by atoms with Crippen LogP contribution < -0.4 is 10.6 Å². The van der Waals surface area contributed by atoms with Gasteiger partial charge in [0.2, 0.25) is 0 Å². The quantitative estimate of drug-likeness (QED) is 0.674. The van der Waals surface area contributed by atoms with Crippen molar-refractivity contribution in [3.8, 4) is 11.4 Å². The normalized spacial score (nSPS) is 15.3. The molecule has 2 heterocycles. The van der Waals surface area contributed by atoms with E-state index in [-0.39, 0.29) is 0 Å². The van der Waals surface area contributed by atoms with Gasteiger partial charge in [0.1, 0.15) is 10.4 Å². The van der Waals surface area contributed by atoms with Crippen LogP contribution in [0.4, 0.5) is 11.5 Å². The van der Waals surface area contributed by atoms with Crippen LogP contribution in [0, 0.1) is 0 Å². The average Bonchev–Trinajstić information content (AvgIpc) is 2.48. The zero-order valence-electron chi connectivity index (χ0n) is 10.9. The second-order valence-electron chi connectivity index (χ2n) is 4.59. The maximum Gasteiger partial charge on any atom is 0.162 e. The Morgan fingerprint density at radius 1 is 1.10 bits per heavy atom. The Bertz CT molecular complexity index is 597. The summed E-state index contributed by atoms with van der Waals surface area (Å²) >= 11 is 3.46. The first kappa shape index (κ1) is 13.3. The molecule has 0 atom stereocenters. The largest absolute Gasteiger partial charge is 0.399 e. The van der Waals surface area contributed by atoms with Gasteiger partial charge in [-0.15, -0.1) is 0 Å². The molecular formula is C14H15BrN4O. The molecule has 20 heavy (non-hydrogen) atoms. The van der Waals surface area contributed by atoms with Gasteiger partial charge in [0.25, 0.3) is 0 Å². The van der Waals surface area contributed by atoms with Crippen LogP contribution >= 0.6 is 15.9 Å². The van der Waals surface area contributed by atoms with Gasteiger partial charge >= 0.3 is 0 Å². The summed E-state index contributed by atoms with van der Waals surface area (Å²) in [6.07, 6.45) is 0. The van der Waals surface area contributed by atoms with Gasteiger partial charge in [0.05, 0.1) is 13.2 Å². The first-order valence-electron chi connectivity index (χ1n) is 6.45. The third kappa shape index (κ3) is 2.91. The fourth-order valence-electron chi connectivity index (χ4n) is 2.12. The van der Waals surface area contributed by atoms with E-state index in [4.69, 9.17) is 10.5 Å². The van der Waals surface area contributed by atoms with E-state index >= 15 is 0 Å².